The molecule has 0 atom stereocenters. The Morgan fingerprint density at radius 2 is 1.91 bits per heavy atom. The number of rotatable bonds is 6. The molecular formula is C16H24IN5O. The molecule has 126 valence electrons. The number of nitrogens with one attached hydrogen (secondary N) is 1. The Morgan fingerprint density at radius 1 is 1.26 bits per heavy atom. The molecule has 1 aromatic heterocycles. The zero-order valence-corrected chi connectivity index (χ0v) is 16.1. The van der Waals surface area contributed by atoms with E-state index in [1.165, 1.54) is 11.1 Å². The second-order valence-corrected chi connectivity index (χ2v) is 5.04. The van der Waals surface area contributed by atoms with Crippen LogP contribution in [0.5, 0.6) is 0 Å². The highest BCUT2D eigenvalue weighted by molar-refractivity contribution is 14.0. The normalized spacial score (nSPS) is 11.2. The number of hydrogen-bond donors (Lipinski definition) is 2. The van der Waals surface area contributed by atoms with Gasteiger partial charge in [-0.3, -0.25) is 4.99 Å². The number of aromatic nitrogens is 2. The Balaban J connectivity index is 0.00000264. The molecular weight excluding hydrogens is 405 g/mol. The van der Waals surface area contributed by atoms with Crippen LogP contribution < -0.4 is 11.1 Å². The molecule has 3 N–H and O–H groups in total. The van der Waals surface area contributed by atoms with Crippen LogP contribution in [0.3, 0.4) is 0 Å². The van der Waals surface area contributed by atoms with Crippen LogP contribution in [0, 0.1) is 6.92 Å². The minimum atomic E-state index is 0. The van der Waals surface area contributed by atoms with Gasteiger partial charge in [0.2, 0.25) is 5.89 Å². The molecule has 0 radical (unpaired) electrons. The predicted molar refractivity (Wildman–Crippen MR) is 103 cm³/mol. The third kappa shape index (κ3) is 5.49. The molecule has 0 saturated carbocycles. The molecule has 0 spiro atoms. The molecule has 0 aliphatic carbocycles. The molecule has 2 rings (SSSR count). The number of aliphatic imine (C=N–C) groups is 1. The van der Waals surface area contributed by atoms with Gasteiger partial charge >= 0.3 is 0 Å². The second-order valence-electron chi connectivity index (χ2n) is 5.04. The van der Waals surface area contributed by atoms with Gasteiger partial charge in [0, 0.05) is 12.1 Å². The summed E-state index contributed by atoms with van der Waals surface area (Å²) >= 11 is 0. The summed E-state index contributed by atoms with van der Waals surface area (Å²) in [6.07, 6.45) is 2.48. The van der Waals surface area contributed by atoms with Gasteiger partial charge in [0.15, 0.2) is 11.8 Å². The number of anilines is 1. The van der Waals surface area contributed by atoms with Crippen molar-refractivity contribution in [2.75, 3.05) is 11.9 Å². The van der Waals surface area contributed by atoms with Crippen LogP contribution in [0.2, 0.25) is 0 Å². The van der Waals surface area contributed by atoms with E-state index in [2.05, 4.69) is 52.5 Å². The highest BCUT2D eigenvalue weighted by Gasteiger charge is 2.07. The number of hydrogen-bond acceptors (Lipinski definition) is 4. The third-order valence-electron chi connectivity index (χ3n) is 3.43. The van der Waals surface area contributed by atoms with Gasteiger partial charge in [0.1, 0.15) is 0 Å². The van der Waals surface area contributed by atoms with Crippen LogP contribution in [0.4, 0.5) is 5.69 Å². The quantitative estimate of drug-likeness (QED) is 0.419. The van der Waals surface area contributed by atoms with E-state index in [9.17, 15) is 0 Å². The Labute approximate surface area is 154 Å². The molecule has 0 bridgehead atoms. The fraction of sp³-hybridized carbons (Fsp3) is 0.438. The standard InChI is InChI=1S/C16H23N5O.HI/c1-4-12-7-6-8-13(5-2)15(12)20-16(17)18-10-9-14-19-11(3)21-22-14;/h6-8H,4-5,9-10H2,1-3H3,(H3,17,18,20);1H. The number of guanidine groups is 1. The largest absolute Gasteiger partial charge is 0.370 e. The number of para-hydroxylation sites is 1. The first-order chi connectivity index (χ1) is 10.6. The Hall–Kier alpha value is -1.64. The summed E-state index contributed by atoms with van der Waals surface area (Å²) in [4.78, 5) is 8.47. The third-order valence-corrected chi connectivity index (χ3v) is 3.43. The maximum Gasteiger partial charge on any atom is 0.228 e. The molecule has 1 heterocycles. The van der Waals surface area contributed by atoms with Gasteiger partial charge in [-0.2, -0.15) is 4.98 Å². The van der Waals surface area contributed by atoms with Crippen molar-refractivity contribution in [2.24, 2.45) is 10.7 Å². The maximum atomic E-state index is 5.99. The first-order valence-electron chi connectivity index (χ1n) is 7.60. The first-order valence-corrected chi connectivity index (χ1v) is 7.60. The number of aryl methyl sites for hydroxylation is 3. The minimum absolute atomic E-state index is 0. The van der Waals surface area contributed by atoms with Crippen LogP contribution >= 0.6 is 24.0 Å². The Kier molecular flexibility index (Phi) is 8.01. The van der Waals surface area contributed by atoms with Gasteiger partial charge in [0.05, 0.1) is 6.54 Å². The molecule has 0 saturated heterocycles. The lowest BCUT2D eigenvalue weighted by atomic mass is 10.0. The Morgan fingerprint density at radius 3 is 2.43 bits per heavy atom. The van der Waals surface area contributed by atoms with Gasteiger partial charge in [-0.25, -0.2) is 0 Å². The van der Waals surface area contributed by atoms with E-state index < -0.39 is 0 Å². The van der Waals surface area contributed by atoms with Gasteiger partial charge < -0.3 is 15.6 Å². The number of benzene rings is 1. The first kappa shape index (κ1) is 19.4. The van der Waals surface area contributed by atoms with Crippen LogP contribution in [-0.4, -0.2) is 22.6 Å². The molecule has 0 fully saturated rings. The van der Waals surface area contributed by atoms with Gasteiger partial charge in [0.25, 0.3) is 0 Å². The topological polar surface area (TPSA) is 89.3 Å². The van der Waals surface area contributed by atoms with Gasteiger partial charge in [-0.1, -0.05) is 37.2 Å². The van der Waals surface area contributed by atoms with E-state index in [1.807, 2.05) is 0 Å². The number of nitrogens with zero attached hydrogens (tertiary/aromatic N) is 3. The SMILES string of the molecule is CCc1cccc(CC)c1NC(N)=NCCc1nc(C)no1.I. The molecule has 23 heavy (non-hydrogen) atoms. The molecule has 1 aromatic carbocycles. The van der Waals surface area contributed by atoms with Crippen molar-refractivity contribution in [1.82, 2.24) is 10.1 Å². The highest BCUT2D eigenvalue weighted by atomic mass is 127. The lowest BCUT2D eigenvalue weighted by Gasteiger charge is -2.14. The average Bonchev–Trinajstić information content (AvgIpc) is 2.93. The van der Waals surface area contributed by atoms with Gasteiger partial charge in [-0.05, 0) is 30.9 Å². The zero-order valence-electron chi connectivity index (χ0n) is 13.8. The minimum Gasteiger partial charge on any atom is -0.370 e. The molecule has 6 nitrogen and oxygen atoms in total. The smallest absolute Gasteiger partial charge is 0.228 e. The van der Waals surface area contributed by atoms with Crippen molar-refractivity contribution in [3.8, 4) is 0 Å². The average molecular weight is 429 g/mol. The van der Waals surface area contributed by atoms with Crippen LogP contribution in [-0.2, 0) is 19.3 Å². The van der Waals surface area contributed by atoms with Crippen molar-refractivity contribution in [1.29, 1.82) is 0 Å². The number of nitrogens with two attached hydrogens (primary N) is 1. The van der Waals surface area contributed by atoms with Crippen molar-refractivity contribution in [3.05, 3.63) is 41.0 Å². The fourth-order valence-electron chi connectivity index (χ4n) is 2.28. The molecule has 0 aliphatic rings. The van der Waals surface area contributed by atoms with Crippen molar-refractivity contribution < 1.29 is 4.52 Å². The van der Waals surface area contributed by atoms with E-state index in [4.69, 9.17) is 10.3 Å². The summed E-state index contributed by atoms with van der Waals surface area (Å²) in [5.74, 6) is 1.62. The predicted octanol–water partition coefficient (Wildman–Crippen LogP) is 3.09. The second kappa shape index (κ2) is 9.49. The van der Waals surface area contributed by atoms with Crippen molar-refractivity contribution in [3.63, 3.8) is 0 Å². The molecule has 7 heteroatoms. The fourth-order valence-corrected chi connectivity index (χ4v) is 2.28. The van der Waals surface area contributed by atoms with Crippen molar-refractivity contribution in [2.45, 2.75) is 40.0 Å². The lowest BCUT2D eigenvalue weighted by Crippen LogP contribution is -2.24. The summed E-state index contributed by atoms with van der Waals surface area (Å²) in [7, 11) is 0. The van der Waals surface area contributed by atoms with E-state index in [0.717, 1.165) is 18.5 Å². The van der Waals surface area contributed by atoms with Gasteiger partial charge in [-0.15, -0.1) is 24.0 Å². The van der Waals surface area contributed by atoms with Crippen molar-refractivity contribution >= 4 is 35.6 Å². The van der Waals surface area contributed by atoms with E-state index in [1.54, 1.807) is 6.92 Å². The Bertz CT molecular complexity index is 631. The molecule has 0 amide bonds. The monoisotopic (exact) mass is 429 g/mol. The van der Waals surface area contributed by atoms with E-state index >= 15 is 0 Å². The van der Waals surface area contributed by atoms with Crippen LogP contribution in [0.25, 0.3) is 0 Å². The molecule has 0 unspecified atom stereocenters. The highest BCUT2D eigenvalue weighted by Crippen LogP contribution is 2.22. The van der Waals surface area contributed by atoms with Crippen LogP contribution in [0.1, 0.15) is 36.7 Å². The van der Waals surface area contributed by atoms with E-state index in [-0.39, 0.29) is 24.0 Å². The summed E-state index contributed by atoms with van der Waals surface area (Å²) in [6.45, 7) is 6.56. The summed E-state index contributed by atoms with van der Waals surface area (Å²) in [6, 6.07) is 6.29. The number of halogens is 1. The molecule has 2 aromatic rings. The zero-order chi connectivity index (χ0) is 15.9. The maximum absolute atomic E-state index is 5.99. The summed E-state index contributed by atoms with van der Waals surface area (Å²) in [5, 5.41) is 6.98. The summed E-state index contributed by atoms with van der Waals surface area (Å²) < 4.78 is 5.05. The summed E-state index contributed by atoms with van der Waals surface area (Å²) in [5.41, 5.74) is 9.55. The van der Waals surface area contributed by atoms with E-state index in [0.29, 0.717) is 30.6 Å². The molecule has 0 aliphatic heterocycles. The van der Waals surface area contributed by atoms with Crippen LogP contribution in [0.15, 0.2) is 27.7 Å². The lowest BCUT2D eigenvalue weighted by molar-refractivity contribution is 0.376.